The molecule has 0 aromatic heterocycles. The average molecular weight is 249 g/mol. The second-order valence-electron chi connectivity index (χ2n) is 4.78. The Bertz CT molecular complexity index is 294. The van der Waals surface area contributed by atoms with E-state index in [2.05, 4.69) is 5.32 Å². The van der Waals surface area contributed by atoms with Gasteiger partial charge in [0.25, 0.3) is 0 Å². The van der Waals surface area contributed by atoms with Crippen molar-refractivity contribution in [3.05, 3.63) is 0 Å². The van der Waals surface area contributed by atoms with E-state index in [-0.39, 0.29) is 23.5 Å². The van der Waals surface area contributed by atoms with Crippen molar-refractivity contribution in [3.63, 3.8) is 0 Å². The van der Waals surface area contributed by atoms with Crippen molar-refractivity contribution in [2.45, 2.75) is 32.6 Å². The zero-order valence-corrected chi connectivity index (χ0v) is 10.9. The van der Waals surface area contributed by atoms with Gasteiger partial charge < -0.3 is 10.4 Å². The lowest BCUT2D eigenvalue weighted by molar-refractivity contribution is 0.129. The first-order valence-electron chi connectivity index (χ1n) is 6.06. The first-order chi connectivity index (χ1) is 7.54. The summed E-state index contributed by atoms with van der Waals surface area (Å²) in [5.74, 6) is 0.408. The molecule has 0 aromatic rings. The van der Waals surface area contributed by atoms with Gasteiger partial charge in [0, 0.05) is 30.9 Å². The number of aliphatic hydroxyl groups is 1. The molecule has 0 aromatic carbocycles. The van der Waals surface area contributed by atoms with E-state index in [0.29, 0.717) is 6.54 Å². The molecule has 0 unspecified atom stereocenters. The Morgan fingerprint density at radius 2 is 1.94 bits per heavy atom. The van der Waals surface area contributed by atoms with Gasteiger partial charge in [-0.15, -0.1) is 0 Å². The molecular formula is C11H23NO3S. The van der Waals surface area contributed by atoms with Gasteiger partial charge in [0.05, 0.1) is 5.75 Å². The van der Waals surface area contributed by atoms with Crippen molar-refractivity contribution >= 4 is 9.84 Å². The van der Waals surface area contributed by atoms with Crippen molar-refractivity contribution in [1.29, 1.82) is 0 Å². The number of aliphatic hydroxyl groups excluding tert-OH is 1. The van der Waals surface area contributed by atoms with Crippen LogP contribution in [0.4, 0.5) is 0 Å². The van der Waals surface area contributed by atoms with Crippen LogP contribution in [-0.2, 0) is 9.84 Å². The zero-order chi connectivity index (χ0) is 12.1. The molecule has 2 N–H and O–H groups in total. The molecule has 0 bridgehead atoms. The molecule has 5 heteroatoms. The van der Waals surface area contributed by atoms with E-state index in [1.165, 1.54) is 12.8 Å². The molecule has 0 radical (unpaired) electrons. The largest absolute Gasteiger partial charge is 0.396 e. The fraction of sp³-hybridized carbons (Fsp3) is 1.00. The summed E-state index contributed by atoms with van der Waals surface area (Å²) >= 11 is 0. The number of sulfone groups is 1. The van der Waals surface area contributed by atoms with Crippen LogP contribution in [0.3, 0.4) is 0 Å². The van der Waals surface area contributed by atoms with Crippen LogP contribution in [0.2, 0.25) is 0 Å². The molecule has 0 atom stereocenters. The first kappa shape index (κ1) is 13.9. The monoisotopic (exact) mass is 249 g/mol. The van der Waals surface area contributed by atoms with Gasteiger partial charge >= 0.3 is 0 Å². The molecule has 1 saturated carbocycles. The SMILES string of the molecule is CCS(=O)(=O)CCNCC1(CO)CCCC1. The molecule has 0 saturated heterocycles. The van der Waals surface area contributed by atoms with E-state index < -0.39 is 9.84 Å². The maximum atomic E-state index is 11.3. The summed E-state index contributed by atoms with van der Waals surface area (Å²) in [5, 5.41) is 12.5. The molecule has 0 spiro atoms. The lowest BCUT2D eigenvalue weighted by atomic mass is 9.87. The van der Waals surface area contributed by atoms with Crippen molar-refractivity contribution in [2.75, 3.05) is 31.2 Å². The summed E-state index contributed by atoms with van der Waals surface area (Å²) in [5.41, 5.74) is 0.00990. The van der Waals surface area contributed by atoms with Gasteiger partial charge in [0.2, 0.25) is 0 Å². The van der Waals surface area contributed by atoms with E-state index in [9.17, 15) is 13.5 Å². The van der Waals surface area contributed by atoms with E-state index in [4.69, 9.17) is 0 Å². The van der Waals surface area contributed by atoms with E-state index in [1.54, 1.807) is 6.92 Å². The molecular weight excluding hydrogens is 226 g/mol. The molecule has 4 nitrogen and oxygen atoms in total. The Hall–Kier alpha value is -0.130. The standard InChI is InChI=1S/C11H23NO3S/c1-2-16(14,15)8-7-12-9-11(10-13)5-3-4-6-11/h12-13H,2-10H2,1H3. The Morgan fingerprint density at radius 1 is 1.31 bits per heavy atom. The van der Waals surface area contributed by atoms with Crippen LogP contribution in [0.25, 0.3) is 0 Å². The minimum Gasteiger partial charge on any atom is -0.396 e. The quantitative estimate of drug-likeness (QED) is 0.647. The lowest BCUT2D eigenvalue weighted by Crippen LogP contribution is -2.37. The van der Waals surface area contributed by atoms with Gasteiger partial charge in [0.1, 0.15) is 0 Å². The third-order valence-corrected chi connectivity index (χ3v) is 5.24. The van der Waals surface area contributed by atoms with Gasteiger partial charge in [-0.1, -0.05) is 19.8 Å². The molecule has 1 aliphatic rings. The molecule has 0 aliphatic heterocycles. The van der Waals surface area contributed by atoms with E-state index in [1.807, 2.05) is 0 Å². The second kappa shape index (κ2) is 5.98. The fourth-order valence-electron chi connectivity index (χ4n) is 2.24. The van der Waals surface area contributed by atoms with Crippen molar-refractivity contribution in [3.8, 4) is 0 Å². The van der Waals surface area contributed by atoms with Crippen LogP contribution in [0, 0.1) is 5.41 Å². The van der Waals surface area contributed by atoms with Crippen LogP contribution >= 0.6 is 0 Å². The Kier molecular flexibility index (Phi) is 5.21. The second-order valence-corrected chi connectivity index (χ2v) is 7.25. The van der Waals surface area contributed by atoms with Crippen molar-refractivity contribution in [1.82, 2.24) is 5.32 Å². The van der Waals surface area contributed by atoms with Gasteiger partial charge in [0.15, 0.2) is 9.84 Å². The highest BCUT2D eigenvalue weighted by Crippen LogP contribution is 2.36. The van der Waals surface area contributed by atoms with Crippen molar-refractivity contribution < 1.29 is 13.5 Å². The highest BCUT2D eigenvalue weighted by atomic mass is 32.2. The molecule has 16 heavy (non-hydrogen) atoms. The van der Waals surface area contributed by atoms with Crippen LogP contribution in [0.15, 0.2) is 0 Å². The molecule has 1 fully saturated rings. The molecule has 1 aliphatic carbocycles. The minimum absolute atomic E-state index is 0.00990. The summed E-state index contributed by atoms with van der Waals surface area (Å²) in [7, 11) is -2.87. The van der Waals surface area contributed by atoms with Crippen LogP contribution < -0.4 is 5.32 Å². The van der Waals surface area contributed by atoms with Gasteiger partial charge in [-0.25, -0.2) is 8.42 Å². The molecule has 1 rings (SSSR count). The zero-order valence-electron chi connectivity index (χ0n) is 10.0. The topological polar surface area (TPSA) is 66.4 Å². The number of nitrogens with one attached hydrogen (secondary N) is 1. The van der Waals surface area contributed by atoms with Gasteiger partial charge in [-0.2, -0.15) is 0 Å². The normalized spacial score (nSPS) is 20.1. The maximum absolute atomic E-state index is 11.3. The number of rotatable bonds is 7. The van der Waals surface area contributed by atoms with Crippen LogP contribution in [-0.4, -0.2) is 44.7 Å². The van der Waals surface area contributed by atoms with Gasteiger partial charge in [-0.3, -0.25) is 0 Å². The summed E-state index contributed by atoms with van der Waals surface area (Å²) in [4.78, 5) is 0. The predicted molar refractivity (Wildman–Crippen MR) is 65.2 cm³/mol. The Balaban J connectivity index is 2.24. The number of hydrogen-bond donors (Lipinski definition) is 2. The third-order valence-electron chi connectivity index (χ3n) is 3.53. The Labute approximate surface area is 98.4 Å². The molecule has 0 amide bonds. The summed E-state index contributed by atoms with van der Waals surface area (Å²) < 4.78 is 22.5. The van der Waals surface area contributed by atoms with Crippen LogP contribution in [0.1, 0.15) is 32.6 Å². The van der Waals surface area contributed by atoms with E-state index >= 15 is 0 Å². The Morgan fingerprint density at radius 3 is 2.44 bits per heavy atom. The predicted octanol–water partition coefficient (Wildman–Crippen LogP) is 0.563. The first-order valence-corrected chi connectivity index (χ1v) is 7.88. The van der Waals surface area contributed by atoms with E-state index in [0.717, 1.165) is 19.4 Å². The summed E-state index contributed by atoms with van der Waals surface area (Å²) in [6.07, 6.45) is 4.46. The number of hydrogen-bond acceptors (Lipinski definition) is 4. The lowest BCUT2D eigenvalue weighted by Gasteiger charge is -2.26. The van der Waals surface area contributed by atoms with Crippen molar-refractivity contribution in [2.24, 2.45) is 5.41 Å². The van der Waals surface area contributed by atoms with Crippen LogP contribution in [0.5, 0.6) is 0 Å². The smallest absolute Gasteiger partial charge is 0.151 e. The average Bonchev–Trinajstić information content (AvgIpc) is 2.74. The fourth-order valence-corrected chi connectivity index (χ4v) is 2.99. The maximum Gasteiger partial charge on any atom is 0.151 e. The highest BCUT2D eigenvalue weighted by Gasteiger charge is 2.32. The minimum atomic E-state index is -2.87. The highest BCUT2D eigenvalue weighted by molar-refractivity contribution is 7.91. The van der Waals surface area contributed by atoms with Gasteiger partial charge in [-0.05, 0) is 12.8 Å². The third kappa shape index (κ3) is 4.03. The molecule has 96 valence electrons. The summed E-state index contributed by atoms with van der Waals surface area (Å²) in [6.45, 7) is 3.11. The molecule has 0 heterocycles. The summed E-state index contributed by atoms with van der Waals surface area (Å²) in [6, 6.07) is 0.